The minimum atomic E-state index is -0.944. The zero-order valence-corrected chi connectivity index (χ0v) is 11.5. The molecular formula is C17H15NO3. The predicted octanol–water partition coefficient (Wildman–Crippen LogP) is 2.91. The van der Waals surface area contributed by atoms with Crippen LogP contribution in [-0.4, -0.2) is 24.0 Å². The molecule has 0 atom stereocenters. The number of carboxylic acids is 1. The largest absolute Gasteiger partial charge is 0.478 e. The van der Waals surface area contributed by atoms with Crippen LogP contribution >= 0.6 is 0 Å². The van der Waals surface area contributed by atoms with Crippen LogP contribution in [0.1, 0.15) is 31.8 Å². The molecule has 0 radical (unpaired) electrons. The normalized spacial score (nSPS) is 10.5. The van der Waals surface area contributed by atoms with Gasteiger partial charge in [-0.1, -0.05) is 36.4 Å². The third-order valence-electron chi connectivity index (χ3n) is 3.00. The van der Waals surface area contributed by atoms with E-state index in [1.54, 1.807) is 37.4 Å². The van der Waals surface area contributed by atoms with Crippen molar-refractivity contribution >= 4 is 24.0 Å². The van der Waals surface area contributed by atoms with E-state index in [0.717, 1.165) is 11.1 Å². The number of nitrogens with one attached hydrogen (secondary N) is 1. The third kappa shape index (κ3) is 3.79. The van der Waals surface area contributed by atoms with Gasteiger partial charge >= 0.3 is 5.97 Å². The Labute approximate surface area is 122 Å². The van der Waals surface area contributed by atoms with E-state index in [9.17, 15) is 9.59 Å². The van der Waals surface area contributed by atoms with E-state index in [2.05, 4.69) is 5.32 Å². The molecule has 0 aliphatic carbocycles. The van der Waals surface area contributed by atoms with Crippen molar-refractivity contribution in [2.75, 3.05) is 7.05 Å². The highest BCUT2D eigenvalue weighted by Gasteiger charge is 2.02. The Morgan fingerprint density at radius 3 is 2.24 bits per heavy atom. The first-order valence-corrected chi connectivity index (χ1v) is 6.44. The van der Waals surface area contributed by atoms with E-state index in [1.807, 2.05) is 30.4 Å². The summed E-state index contributed by atoms with van der Waals surface area (Å²) in [6.07, 6.45) is 3.70. The highest BCUT2D eigenvalue weighted by molar-refractivity contribution is 5.94. The fraction of sp³-hybridized carbons (Fsp3) is 0.0588. The number of carbonyl (C=O) groups excluding carboxylic acids is 1. The fourth-order valence-electron chi connectivity index (χ4n) is 1.86. The number of aromatic carboxylic acids is 1. The van der Waals surface area contributed by atoms with Gasteiger partial charge in [0.1, 0.15) is 0 Å². The molecule has 1 amide bonds. The Kier molecular flexibility index (Phi) is 4.51. The molecule has 0 saturated heterocycles. The van der Waals surface area contributed by atoms with E-state index < -0.39 is 5.97 Å². The third-order valence-corrected chi connectivity index (χ3v) is 3.00. The van der Waals surface area contributed by atoms with E-state index in [1.165, 1.54) is 0 Å². The lowest BCUT2D eigenvalue weighted by Gasteiger charge is -2.00. The molecule has 2 aromatic rings. The molecule has 4 heteroatoms. The topological polar surface area (TPSA) is 66.4 Å². The average Bonchev–Trinajstić information content (AvgIpc) is 2.53. The van der Waals surface area contributed by atoms with Gasteiger partial charge in [-0.3, -0.25) is 4.79 Å². The molecule has 0 unspecified atom stereocenters. The maximum atomic E-state index is 11.4. The lowest BCUT2D eigenvalue weighted by molar-refractivity contribution is 0.0696. The summed E-state index contributed by atoms with van der Waals surface area (Å²) >= 11 is 0. The SMILES string of the molecule is CNC(=O)c1ccc(C=Cc2cccc(C(=O)O)c2)cc1. The van der Waals surface area contributed by atoms with Crippen LogP contribution in [0.25, 0.3) is 12.2 Å². The van der Waals surface area contributed by atoms with Gasteiger partial charge in [0.05, 0.1) is 5.56 Å². The molecular weight excluding hydrogens is 266 g/mol. The molecule has 0 aromatic heterocycles. The van der Waals surface area contributed by atoms with Gasteiger partial charge in [0.2, 0.25) is 0 Å². The second-order valence-corrected chi connectivity index (χ2v) is 4.47. The van der Waals surface area contributed by atoms with E-state index in [4.69, 9.17) is 5.11 Å². The first-order chi connectivity index (χ1) is 10.1. The maximum Gasteiger partial charge on any atom is 0.335 e. The lowest BCUT2D eigenvalue weighted by Crippen LogP contribution is -2.17. The van der Waals surface area contributed by atoms with Gasteiger partial charge in [-0.25, -0.2) is 4.79 Å². The predicted molar refractivity (Wildman–Crippen MR) is 82.2 cm³/mol. The standard InChI is InChI=1S/C17H15NO3/c1-18-16(19)14-9-7-12(8-10-14)5-6-13-3-2-4-15(11-13)17(20)21/h2-11H,1H3,(H,18,19)(H,20,21). The van der Waals surface area contributed by atoms with E-state index in [0.29, 0.717) is 5.56 Å². The molecule has 4 nitrogen and oxygen atoms in total. The molecule has 2 aromatic carbocycles. The number of carbonyl (C=O) groups is 2. The molecule has 2 rings (SSSR count). The Balaban J connectivity index is 2.16. The molecule has 0 spiro atoms. The summed E-state index contributed by atoms with van der Waals surface area (Å²) < 4.78 is 0. The molecule has 0 saturated carbocycles. The van der Waals surface area contributed by atoms with Crippen molar-refractivity contribution < 1.29 is 14.7 Å². The van der Waals surface area contributed by atoms with Crippen LogP contribution in [0, 0.1) is 0 Å². The Hall–Kier alpha value is -2.88. The van der Waals surface area contributed by atoms with Gasteiger partial charge in [-0.05, 0) is 35.4 Å². The zero-order chi connectivity index (χ0) is 15.2. The van der Waals surface area contributed by atoms with Crippen LogP contribution < -0.4 is 5.32 Å². The summed E-state index contributed by atoms with van der Waals surface area (Å²) in [4.78, 5) is 22.3. The number of amides is 1. The molecule has 106 valence electrons. The van der Waals surface area contributed by atoms with Crippen LogP contribution in [0.4, 0.5) is 0 Å². The summed E-state index contributed by atoms with van der Waals surface area (Å²) in [6.45, 7) is 0. The van der Waals surface area contributed by atoms with Crippen molar-refractivity contribution in [2.24, 2.45) is 0 Å². The van der Waals surface area contributed by atoms with Gasteiger partial charge in [0.15, 0.2) is 0 Å². The van der Waals surface area contributed by atoms with Crippen molar-refractivity contribution in [1.29, 1.82) is 0 Å². The smallest absolute Gasteiger partial charge is 0.335 e. The summed E-state index contributed by atoms with van der Waals surface area (Å²) in [5.74, 6) is -1.07. The highest BCUT2D eigenvalue weighted by Crippen LogP contribution is 2.11. The first kappa shape index (κ1) is 14.5. The van der Waals surface area contributed by atoms with Crippen LogP contribution in [0.3, 0.4) is 0 Å². The Morgan fingerprint density at radius 2 is 1.62 bits per heavy atom. The van der Waals surface area contributed by atoms with Gasteiger partial charge < -0.3 is 10.4 Å². The highest BCUT2D eigenvalue weighted by atomic mass is 16.4. The summed E-state index contributed by atoms with van der Waals surface area (Å²) in [7, 11) is 1.59. The minimum Gasteiger partial charge on any atom is -0.478 e. The van der Waals surface area contributed by atoms with Crippen LogP contribution in [0.2, 0.25) is 0 Å². The molecule has 21 heavy (non-hydrogen) atoms. The number of benzene rings is 2. The van der Waals surface area contributed by atoms with Gasteiger partial charge in [-0.2, -0.15) is 0 Å². The van der Waals surface area contributed by atoms with Crippen molar-refractivity contribution in [2.45, 2.75) is 0 Å². The average molecular weight is 281 g/mol. The van der Waals surface area contributed by atoms with Crippen molar-refractivity contribution in [3.63, 3.8) is 0 Å². The molecule has 0 aliphatic rings. The van der Waals surface area contributed by atoms with Gasteiger partial charge in [0.25, 0.3) is 5.91 Å². The zero-order valence-electron chi connectivity index (χ0n) is 11.5. The van der Waals surface area contributed by atoms with Crippen molar-refractivity contribution in [3.8, 4) is 0 Å². The molecule has 0 aliphatic heterocycles. The van der Waals surface area contributed by atoms with Crippen LogP contribution in [-0.2, 0) is 0 Å². The quantitative estimate of drug-likeness (QED) is 0.847. The second-order valence-electron chi connectivity index (χ2n) is 4.47. The molecule has 0 bridgehead atoms. The summed E-state index contributed by atoms with van der Waals surface area (Å²) in [5.41, 5.74) is 2.60. The van der Waals surface area contributed by atoms with E-state index in [-0.39, 0.29) is 11.5 Å². The van der Waals surface area contributed by atoms with Crippen molar-refractivity contribution in [1.82, 2.24) is 5.32 Å². The Morgan fingerprint density at radius 1 is 0.952 bits per heavy atom. The first-order valence-electron chi connectivity index (χ1n) is 6.44. The number of hydrogen-bond acceptors (Lipinski definition) is 2. The number of hydrogen-bond donors (Lipinski definition) is 2. The van der Waals surface area contributed by atoms with Crippen LogP contribution in [0.15, 0.2) is 48.5 Å². The summed E-state index contributed by atoms with van der Waals surface area (Å²) in [5, 5.41) is 11.5. The minimum absolute atomic E-state index is 0.125. The summed E-state index contributed by atoms with van der Waals surface area (Å²) in [6, 6.07) is 13.9. The fourth-order valence-corrected chi connectivity index (χ4v) is 1.86. The number of carboxylic acid groups (broad SMARTS) is 1. The monoisotopic (exact) mass is 281 g/mol. The second kappa shape index (κ2) is 6.52. The van der Waals surface area contributed by atoms with Crippen molar-refractivity contribution in [3.05, 3.63) is 70.8 Å². The Bertz CT molecular complexity index is 687. The molecule has 2 N–H and O–H groups in total. The van der Waals surface area contributed by atoms with Gasteiger partial charge in [0, 0.05) is 12.6 Å². The molecule has 0 heterocycles. The maximum absolute atomic E-state index is 11.4. The molecule has 0 fully saturated rings. The lowest BCUT2D eigenvalue weighted by atomic mass is 10.1. The van der Waals surface area contributed by atoms with E-state index >= 15 is 0 Å². The number of rotatable bonds is 4. The van der Waals surface area contributed by atoms with Crippen LogP contribution in [0.5, 0.6) is 0 Å². The van der Waals surface area contributed by atoms with Gasteiger partial charge in [-0.15, -0.1) is 0 Å².